The largest absolute Gasteiger partial charge is 0.333 e. The van der Waals surface area contributed by atoms with Crippen molar-refractivity contribution >= 4 is 6.03 Å². The van der Waals surface area contributed by atoms with Crippen molar-refractivity contribution in [3.8, 4) is 11.1 Å². The molecule has 1 aromatic heterocycles. The van der Waals surface area contributed by atoms with Gasteiger partial charge in [0.05, 0.1) is 0 Å². The van der Waals surface area contributed by atoms with Gasteiger partial charge in [-0.2, -0.15) is 0 Å². The standard InChI is InChI=1S/C18H21N3O/c22-18(19-17-10-14-6-8-20(11-14)13-17)21-9-7-16(12-21)15-4-2-1-3-5-15/h1-5,7,9,12,14,17H,6,8,10-11,13H2,(H,19,22)/t14-,17-/m1/s1. The van der Waals surface area contributed by atoms with Crippen molar-refractivity contribution in [3.63, 3.8) is 0 Å². The van der Waals surface area contributed by atoms with Gasteiger partial charge in [0.1, 0.15) is 0 Å². The summed E-state index contributed by atoms with van der Waals surface area (Å²) in [6.45, 7) is 3.40. The summed E-state index contributed by atoms with van der Waals surface area (Å²) in [7, 11) is 0. The molecule has 2 aromatic rings. The molecule has 1 aromatic carbocycles. The Morgan fingerprint density at radius 1 is 1.09 bits per heavy atom. The molecule has 2 fully saturated rings. The molecule has 1 amide bonds. The van der Waals surface area contributed by atoms with Crippen LogP contribution in [0.4, 0.5) is 4.79 Å². The summed E-state index contributed by atoms with van der Waals surface area (Å²) < 4.78 is 1.66. The molecule has 1 unspecified atom stereocenters. The lowest BCUT2D eigenvalue weighted by Gasteiger charge is -2.30. The van der Waals surface area contributed by atoms with E-state index >= 15 is 0 Å². The Bertz CT molecular complexity index is 652. The monoisotopic (exact) mass is 295 g/mol. The van der Waals surface area contributed by atoms with Gasteiger partial charge < -0.3 is 10.2 Å². The number of piperidine rings is 1. The molecule has 3 atom stereocenters. The fraction of sp³-hybridized carbons (Fsp3) is 0.389. The molecule has 2 aliphatic rings. The molecule has 0 saturated carbocycles. The summed E-state index contributed by atoms with van der Waals surface area (Å²) in [4.78, 5) is 14.9. The Morgan fingerprint density at radius 3 is 2.77 bits per heavy atom. The fourth-order valence-corrected chi connectivity index (χ4v) is 3.74. The van der Waals surface area contributed by atoms with E-state index in [1.807, 2.05) is 36.7 Å². The van der Waals surface area contributed by atoms with Crippen LogP contribution in [0.2, 0.25) is 0 Å². The van der Waals surface area contributed by atoms with Crippen molar-refractivity contribution < 1.29 is 4.79 Å². The highest BCUT2D eigenvalue weighted by Crippen LogP contribution is 2.26. The molecule has 0 spiro atoms. The molecule has 114 valence electrons. The molecule has 4 heteroatoms. The summed E-state index contributed by atoms with van der Waals surface area (Å²) >= 11 is 0. The van der Waals surface area contributed by atoms with Crippen LogP contribution in [-0.2, 0) is 0 Å². The van der Waals surface area contributed by atoms with Gasteiger partial charge in [-0.3, -0.25) is 4.57 Å². The quantitative estimate of drug-likeness (QED) is 0.925. The van der Waals surface area contributed by atoms with E-state index in [-0.39, 0.29) is 12.1 Å². The summed E-state index contributed by atoms with van der Waals surface area (Å²) in [5.41, 5.74) is 2.21. The summed E-state index contributed by atoms with van der Waals surface area (Å²) in [6.07, 6.45) is 6.15. The first-order valence-electron chi connectivity index (χ1n) is 8.04. The summed E-state index contributed by atoms with van der Waals surface area (Å²) in [5.74, 6) is 0.767. The van der Waals surface area contributed by atoms with E-state index in [9.17, 15) is 4.79 Å². The van der Waals surface area contributed by atoms with Crippen LogP contribution in [0.15, 0.2) is 48.8 Å². The van der Waals surface area contributed by atoms with Crippen molar-refractivity contribution in [2.45, 2.75) is 18.9 Å². The Balaban J connectivity index is 1.44. The predicted molar refractivity (Wildman–Crippen MR) is 86.7 cm³/mol. The number of hydrogen-bond donors (Lipinski definition) is 1. The molecular weight excluding hydrogens is 274 g/mol. The Labute approximate surface area is 130 Å². The Hall–Kier alpha value is -2.07. The van der Waals surface area contributed by atoms with Gasteiger partial charge in [-0.05, 0) is 42.5 Å². The maximum Gasteiger partial charge on any atom is 0.325 e. The van der Waals surface area contributed by atoms with Crippen LogP contribution in [-0.4, -0.2) is 41.2 Å². The van der Waals surface area contributed by atoms with E-state index in [1.165, 1.54) is 19.5 Å². The highest BCUT2D eigenvalue weighted by Gasteiger charge is 2.32. The third kappa shape index (κ3) is 2.66. The van der Waals surface area contributed by atoms with Crippen molar-refractivity contribution in [1.29, 1.82) is 0 Å². The normalized spacial score (nSPS) is 26.8. The maximum atomic E-state index is 12.4. The second-order valence-corrected chi connectivity index (χ2v) is 6.47. The minimum Gasteiger partial charge on any atom is -0.333 e. The van der Waals surface area contributed by atoms with E-state index < -0.39 is 0 Å². The molecule has 4 rings (SSSR count). The zero-order valence-electron chi connectivity index (χ0n) is 12.6. The van der Waals surface area contributed by atoms with Gasteiger partial charge in [-0.15, -0.1) is 0 Å². The lowest BCUT2D eigenvalue weighted by Crippen LogP contribution is -2.47. The van der Waals surface area contributed by atoms with Crippen LogP contribution in [0.3, 0.4) is 0 Å². The van der Waals surface area contributed by atoms with Crippen molar-refractivity contribution in [1.82, 2.24) is 14.8 Å². The highest BCUT2D eigenvalue weighted by molar-refractivity contribution is 5.79. The summed E-state index contributed by atoms with van der Waals surface area (Å²) in [6, 6.07) is 12.4. The van der Waals surface area contributed by atoms with Crippen LogP contribution in [0.5, 0.6) is 0 Å². The number of nitrogens with one attached hydrogen (secondary N) is 1. The third-order valence-corrected chi connectivity index (χ3v) is 4.83. The van der Waals surface area contributed by atoms with Gasteiger partial charge in [0, 0.05) is 31.5 Å². The van der Waals surface area contributed by atoms with Gasteiger partial charge in [0.25, 0.3) is 0 Å². The van der Waals surface area contributed by atoms with E-state index in [0.717, 1.165) is 30.0 Å². The van der Waals surface area contributed by atoms with Gasteiger partial charge >= 0.3 is 6.03 Å². The number of aromatic nitrogens is 1. The maximum absolute atomic E-state index is 12.4. The first-order valence-corrected chi connectivity index (χ1v) is 8.04. The van der Waals surface area contributed by atoms with Crippen molar-refractivity contribution in [2.75, 3.05) is 19.6 Å². The van der Waals surface area contributed by atoms with Gasteiger partial charge in [-0.1, -0.05) is 30.3 Å². The number of carbonyl (C=O) groups is 1. The van der Waals surface area contributed by atoms with Gasteiger partial charge in [-0.25, -0.2) is 4.79 Å². The number of fused-ring (bicyclic) bond motifs is 2. The zero-order valence-corrected chi connectivity index (χ0v) is 12.6. The topological polar surface area (TPSA) is 37.3 Å². The lowest BCUT2D eigenvalue weighted by atomic mass is 9.97. The molecule has 2 bridgehead atoms. The number of carbonyl (C=O) groups excluding carboxylic acids is 1. The minimum absolute atomic E-state index is 0.0188. The van der Waals surface area contributed by atoms with E-state index in [4.69, 9.17) is 0 Å². The number of rotatable bonds is 2. The zero-order chi connectivity index (χ0) is 14.9. The number of hydrogen-bond acceptors (Lipinski definition) is 2. The number of amides is 1. The molecule has 0 radical (unpaired) electrons. The van der Waals surface area contributed by atoms with Crippen molar-refractivity contribution in [3.05, 3.63) is 48.8 Å². The van der Waals surface area contributed by atoms with Gasteiger partial charge in [0.2, 0.25) is 0 Å². The first-order chi connectivity index (χ1) is 10.8. The summed E-state index contributed by atoms with van der Waals surface area (Å²) in [5, 5.41) is 3.18. The minimum atomic E-state index is -0.0188. The molecule has 1 N–H and O–H groups in total. The molecule has 22 heavy (non-hydrogen) atoms. The number of benzene rings is 1. The second-order valence-electron chi connectivity index (χ2n) is 6.47. The molecule has 3 heterocycles. The van der Waals surface area contributed by atoms with E-state index in [1.54, 1.807) is 4.57 Å². The smallest absolute Gasteiger partial charge is 0.325 e. The fourth-order valence-electron chi connectivity index (χ4n) is 3.74. The number of nitrogens with zero attached hydrogens (tertiary/aromatic N) is 2. The third-order valence-electron chi connectivity index (χ3n) is 4.83. The predicted octanol–water partition coefficient (Wildman–Crippen LogP) is 2.81. The molecular formula is C18H21N3O. The SMILES string of the molecule is O=C(N[C@@H]1C[C@H]2CCN(C2)C1)n1ccc(-c2ccccc2)c1. The highest BCUT2D eigenvalue weighted by atomic mass is 16.2. The Kier molecular flexibility index (Phi) is 3.47. The van der Waals surface area contributed by atoms with E-state index in [0.29, 0.717) is 0 Å². The van der Waals surface area contributed by atoms with Crippen LogP contribution in [0.1, 0.15) is 12.8 Å². The van der Waals surface area contributed by atoms with Crippen LogP contribution >= 0.6 is 0 Å². The second kappa shape index (κ2) is 5.61. The van der Waals surface area contributed by atoms with Crippen molar-refractivity contribution in [2.24, 2.45) is 5.92 Å². The van der Waals surface area contributed by atoms with Crippen LogP contribution in [0.25, 0.3) is 11.1 Å². The Morgan fingerprint density at radius 2 is 1.95 bits per heavy atom. The molecule has 2 saturated heterocycles. The van der Waals surface area contributed by atoms with Crippen LogP contribution in [0, 0.1) is 5.92 Å². The first kappa shape index (κ1) is 13.6. The van der Waals surface area contributed by atoms with Crippen LogP contribution < -0.4 is 5.32 Å². The molecule has 4 nitrogen and oxygen atoms in total. The molecule has 2 aliphatic heterocycles. The van der Waals surface area contributed by atoms with E-state index in [2.05, 4.69) is 22.3 Å². The van der Waals surface area contributed by atoms with Gasteiger partial charge in [0.15, 0.2) is 0 Å². The average Bonchev–Trinajstić information content (AvgIpc) is 3.15. The lowest BCUT2D eigenvalue weighted by molar-refractivity contribution is 0.206. The molecule has 0 aliphatic carbocycles. The average molecular weight is 295 g/mol.